The summed E-state index contributed by atoms with van der Waals surface area (Å²) >= 11 is 0. The van der Waals surface area contributed by atoms with Gasteiger partial charge in [0.1, 0.15) is 0 Å². The Morgan fingerprint density at radius 2 is 0.381 bits per heavy atom. The van der Waals surface area contributed by atoms with E-state index < -0.39 is 0 Å². The summed E-state index contributed by atoms with van der Waals surface area (Å²) in [6, 6.07) is 41.1. The van der Waals surface area contributed by atoms with Crippen molar-refractivity contribution in [1.82, 2.24) is 0 Å². The summed E-state index contributed by atoms with van der Waals surface area (Å²) < 4.78 is 66.2. The smallest absolute Gasteiger partial charge is 0.204 e. The summed E-state index contributed by atoms with van der Waals surface area (Å²) in [5.74, 6) is 6.89. The molecule has 0 aromatic heterocycles. The third kappa shape index (κ3) is 18.8. The summed E-state index contributed by atoms with van der Waals surface area (Å²) in [4.78, 5) is 0. The summed E-state index contributed by atoms with van der Waals surface area (Å²) in [5.41, 5.74) is 0. The predicted molar refractivity (Wildman–Crippen MR) is 486 cm³/mol. The Labute approximate surface area is 675 Å². The van der Waals surface area contributed by atoms with E-state index in [0.29, 0.717) is 59.5 Å². The number of benzene rings is 12. The molecule has 13 aromatic carbocycles. The molecule has 0 atom stereocenters. The number of ether oxygens (including phenoxy) is 9. The molecule has 13 rings (SSSR count). The van der Waals surface area contributed by atoms with Crippen LogP contribution < -0.4 is 42.6 Å². The normalized spacial score (nSPS) is 12.1. The maximum Gasteiger partial charge on any atom is 0.204 e. The van der Waals surface area contributed by atoms with Gasteiger partial charge in [0.15, 0.2) is 34.5 Å². The minimum atomic E-state index is 0.556. The van der Waals surface area contributed by atoms with Crippen LogP contribution in [0.2, 0.25) is 0 Å². The molecule has 0 unspecified atom stereocenters. The highest BCUT2D eigenvalue weighted by Gasteiger charge is 2.31. The maximum absolute atomic E-state index is 7.53. The van der Waals surface area contributed by atoms with Crippen LogP contribution in [0.25, 0.3) is 129 Å². The molecule has 6 bridgehead atoms. The van der Waals surface area contributed by atoms with Crippen LogP contribution in [0.1, 0.15) is 293 Å². The van der Waals surface area contributed by atoms with Crippen LogP contribution in [0.5, 0.6) is 51.7 Å². The van der Waals surface area contributed by atoms with Crippen molar-refractivity contribution in [2.45, 2.75) is 293 Å². The average Bonchev–Trinajstić information content (AvgIpc) is 0.693. The molecule has 0 saturated carbocycles. The van der Waals surface area contributed by atoms with Gasteiger partial charge in [-0.15, -0.1) is 0 Å². The van der Waals surface area contributed by atoms with Gasteiger partial charge in [-0.3, -0.25) is 0 Å². The average molecular weight is 1530 g/mol. The Balaban J connectivity index is 1.22. The second-order valence-corrected chi connectivity index (χ2v) is 32.8. The number of hydrogen-bond acceptors (Lipinski definition) is 9. The fourth-order valence-corrected chi connectivity index (χ4v) is 17.8. The van der Waals surface area contributed by atoms with Crippen LogP contribution in [0.15, 0.2) is 103 Å². The van der Waals surface area contributed by atoms with E-state index in [2.05, 4.69) is 165 Å². The number of fused-ring (bicyclic) bond motifs is 5. The van der Waals surface area contributed by atoms with Gasteiger partial charge in [-0.2, -0.15) is 0 Å². The largest absolute Gasteiger partial charge is 0.489 e. The quantitative estimate of drug-likeness (QED) is 0.0273. The van der Waals surface area contributed by atoms with Crippen LogP contribution in [0.3, 0.4) is 0 Å². The van der Waals surface area contributed by atoms with E-state index >= 15 is 0 Å². The highest BCUT2D eigenvalue weighted by molar-refractivity contribution is 6.39. The summed E-state index contributed by atoms with van der Waals surface area (Å²) in [6.45, 7) is 25.7. The Hall–Kier alpha value is -8.30. The van der Waals surface area contributed by atoms with Crippen LogP contribution in [0.4, 0.5) is 0 Å². The zero-order valence-corrected chi connectivity index (χ0v) is 70.8. The molecule has 0 saturated heterocycles. The first-order chi connectivity index (χ1) is 55.8. The molecule has 0 N–H and O–H groups in total. The zero-order valence-electron chi connectivity index (χ0n) is 70.8. The first-order valence-electron chi connectivity index (χ1n) is 45.6. The molecule has 9 nitrogen and oxygen atoms in total. The molecule has 0 fully saturated rings. The first kappa shape index (κ1) is 82.7. The second-order valence-electron chi connectivity index (χ2n) is 32.8. The minimum Gasteiger partial charge on any atom is -0.489 e. The van der Waals surface area contributed by atoms with Gasteiger partial charge < -0.3 is 42.6 Å². The van der Waals surface area contributed by atoms with Gasteiger partial charge in [-0.1, -0.05) is 266 Å². The summed E-state index contributed by atoms with van der Waals surface area (Å²) in [7, 11) is 0. The molecule has 0 aliphatic carbocycles. The van der Waals surface area contributed by atoms with Gasteiger partial charge in [-0.25, -0.2) is 0 Å². The molecule has 0 radical (unpaired) electrons. The van der Waals surface area contributed by atoms with Gasteiger partial charge in [0.25, 0.3) is 0 Å². The summed E-state index contributed by atoms with van der Waals surface area (Å²) in [6.07, 6.45) is 39.2. The molecular weight excluding hydrogens is 1390 g/mol. The van der Waals surface area contributed by atoms with Gasteiger partial charge in [0.05, 0.1) is 59.5 Å². The van der Waals surface area contributed by atoms with Gasteiger partial charge in [0.2, 0.25) is 17.2 Å². The third-order valence-electron chi connectivity index (χ3n) is 23.9. The van der Waals surface area contributed by atoms with Crippen LogP contribution in [0, 0.1) is 0 Å². The van der Waals surface area contributed by atoms with Crippen LogP contribution >= 0.6 is 0 Å². The molecule has 0 amide bonds. The Morgan fingerprint density at radius 3 is 0.655 bits per heavy atom. The van der Waals surface area contributed by atoms with E-state index in [-0.39, 0.29) is 0 Å². The molecule has 0 spiro atoms. The molecule has 9 heteroatoms. The Morgan fingerprint density at radius 1 is 0.150 bits per heavy atom. The predicted octanol–water partition coefficient (Wildman–Crippen LogP) is 32.0. The maximum atomic E-state index is 7.53. The second kappa shape index (κ2) is 41.8. The van der Waals surface area contributed by atoms with Gasteiger partial charge >= 0.3 is 0 Å². The monoisotopic (exact) mass is 1530 g/mol. The number of rotatable bonds is 54. The molecule has 113 heavy (non-hydrogen) atoms. The fraction of sp³-hybridized carbons (Fsp3) is 0.519. The van der Waals surface area contributed by atoms with E-state index in [1.165, 1.54) is 46.2 Å². The highest BCUT2D eigenvalue weighted by Crippen LogP contribution is 2.58. The number of hydrogen-bond donors (Lipinski definition) is 0. The highest BCUT2D eigenvalue weighted by atomic mass is 16.6. The standard InChI is InChI=1S/C104H134O9/c1-10-19-28-37-54-105-96-78-51-48-74-63-72-46-47-73-64-75-49-52-79-94-88(100(109-58-41-32-23-14-5)103(112-61-44-35-26-17-8)97(79)106-55-38-29-20-11-2)70-82(85(66-73)91(75)94)83-71-89-95-80(98(107-56-39-30-21-12-3)104(113-62-45-36-27-18-9)101(89)110-59-42-33-24-15-6)53-50-76-67-77(68-86(83)92(76)95)81-69-87(93(78)90(74)84(81)65-72)99(108-57-40-31-22-13-4)102(96)111-60-43-34-25-16-7/h46-53,63-71H,10-45,54-62H2,1-9H3. The van der Waals surface area contributed by atoms with E-state index in [9.17, 15) is 0 Å². The van der Waals surface area contributed by atoms with Crippen molar-refractivity contribution in [2.24, 2.45) is 0 Å². The zero-order chi connectivity index (χ0) is 78.3. The minimum absolute atomic E-state index is 0.556. The lowest BCUT2D eigenvalue weighted by Gasteiger charge is -2.25. The molecular formula is C104H134O9. The lowest BCUT2D eigenvalue weighted by molar-refractivity contribution is 0.238. The first-order valence-corrected chi connectivity index (χ1v) is 45.6. The van der Waals surface area contributed by atoms with Crippen molar-refractivity contribution < 1.29 is 42.6 Å². The molecule has 0 heterocycles. The lowest BCUT2D eigenvalue weighted by atomic mass is 9.85. The van der Waals surface area contributed by atoms with E-state index in [1.807, 2.05) is 0 Å². The van der Waals surface area contributed by atoms with Crippen molar-refractivity contribution in [3.05, 3.63) is 103 Å². The topological polar surface area (TPSA) is 83.1 Å². The Bertz CT molecular complexity index is 5220. The Kier molecular flexibility index (Phi) is 30.6. The van der Waals surface area contributed by atoms with Crippen molar-refractivity contribution >= 4 is 129 Å². The van der Waals surface area contributed by atoms with Crippen LogP contribution in [-0.4, -0.2) is 59.5 Å². The van der Waals surface area contributed by atoms with E-state index in [0.717, 1.165) is 366 Å². The van der Waals surface area contributed by atoms with Gasteiger partial charge in [0, 0.05) is 48.5 Å². The molecule has 0 aliphatic rings. The summed E-state index contributed by atoms with van der Waals surface area (Å²) in [5, 5.41) is 27.0. The number of unbranched alkanes of at least 4 members (excludes halogenated alkanes) is 27. The van der Waals surface area contributed by atoms with Crippen LogP contribution in [-0.2, 0) is 0 Å². The molecule has 0 aliphatic heterocycles. The van der Waals surface area contributed by atoms with E-state index in [4.69, 9.17) is 42.6 Å². The molecule has 604 valence electrons. The molecule has 13 aromatic rings. The van der Waals surface area contributed by atoms with Crippen molar-refractivity contribution in [3.8, 4) is 51.7 Å². The van der Waals surface area contributed by atoms with Gasteiger partial charge in [-0.05, 0) is 211 Å². The van der Waals surface area contributed by atoms with E-state index in [1.54, 1.807) is 0 Å². The SMILES string of the molecule is CCCCCCOc1c(OCCCCCC)c2ccc3cc4ccc5cc6ccc7c(OCCCCCC)c(OCCCCCC)c(OCCCCCC)c8cc(c9cc%10c(OCCCCCC)c(OCCCCCC)c(OCCCCCC)c%11ccc%12cc(cc9c%12c%11%10)c9cc(c1OCCCCCC)c2c3c9c4)c(c5)c6c78. The van der Waals surface area contributed by atoms with Crippen molar-refractivity contribution in [2.75, 3.05) is 59.5 Å². The van der Waals surface area contributed by atoms with Crippen molar-refractivity contribution in [1.29, 1.82) is 0 Å². The third-order valence-corrected chi connectivity index (χ3v) is 23.9. The fourth-order valence-electron chi connectivity index (χ4n) is 17.8. The van der Waals surface area contributed by atoms with Crippen molar-refractivity contribution in [3.63, 3.8) is 0 Å². The lowest BCUT2D eigenvalue weighted by Crippen LogP contribution is -2.08.